The minimum absolute atomic E-state index is 0.0128. The SMILES string of the molecule is CSC1(CNC(=O)CSCC(=O)O)CCCC1. The quantitative estimate of drug-likeness (QED) is 0.740. The standard InChI is InChI=1S/C11H19NO3S2/c1-16-11(4-2-3-5-11)8-12-9(13)6-17-7-10(14)15/h2-8H2,1H3,(H,12,13)(H,14,15). The molecular weight excluding hydrogens is 258 g/mol. The van der Waals surface area contributed by atoms with Crippen LogP contribution in [0.15, 0.2) is 0 Å². The Morgan fingerprint density at radius 3 is 2.47 bits per heavy atom. The lowest BCUT2D eigenvalue weighted by Gasteiger charge is -2.26. The molecule has 0 aromatic rings. The van der Waals surface area contributed by atoms with Crippen molar-refractivity contribution < 1.29 is 14.7 Å². The van der Waals surface area contributed by atoms with Gasteiger partial charge in [0.2, 0.25) is 5.91 Å². The average Bonchev–Trinajstić information content (AvgIpc) is 2.75. The Balaban J connectivity index is 2.20. The first kappa shape index (κ1) is 14.7. The Bertz CT molecular complexity index is 278. The van der Waals surface area contributed by atoms with Gasteiger partial charge in [-0.15, -0.1) is 11.8 Å². The van der Waals surface area contributed by atoms with E-state index in [9.17, 15) is 9.59 Å². The van der Waals surface area contributed by atoms with Crippen molar-refractivity contribution in [1.29, 1.82) is 0 Å². The van der Waals surface area contributed by atoms with Crippen molar-refractivity contribution in [1.82, 2.24) is 5.32 Å². The molecule has 0 radical (unpaired) electrons. The third kappa shape index (κ3) is 5.21. The maximum absolute atomic E-state index is 11.5. The van der Waals surface area contributed by atoms with E-state index in [1.807, 2.05) is 11.8 Å². The van der Waals surface area contributed by atoms with E-state index in [0.717, 1.165) is 24.6 Å². The molecular formula is C11H19NO3S2. The molecule has 6 heteroatoms. The molecule has 0 unspecified atom stereocenters. The molecule has 1 aliphatic rings. The highest BCUT2D eigenvalue weighted by atomic mass is 32.2. The van der Waals surface area contributed by atoms with Gasteiger partial charge in [-0.2, -0.15) is 11.8 Å². The molecule has 0 atom stereocenters. The van der Waals surface area contributed by atoms with Crippen LogP contribution in [0.4, 0.5) is 0 Å². The molecule has 1 amide bonds. The second-order valence-electron chi connectivity index (χ2n) is 4.26. The maximum Gasteiger partial charge on any atom is 0.313 e. The van der Waals surface area contributed by atoms with Crippen molar-refractivity contribution in [3.63, 3.8) is 0 Å². The average molecular weight is 277 g/mol. The number of carboxylic acids is 1. The van der Waals surface area contributed by atoms with Crippen molar-refractivity contribution in [3.8, 4) is 0 Å². The minimum atomic E-state index is -0.876. The number of aliphatic carboxylic acids is 1. The number of thioether (sulfide) groups is 2. The molecule has 98 valence electrons. The lowest BCUT2D eigenvalue weighted by atomic mass is 10.1. The summed E-state index contributed by atoms with van der Waals surface area (Å²) in [4.78, 5) is 21.8. The minimum Gasteiger partial charge on any atom is -0.481 e. The Kier molecular flexibility index (Phi) is 6.19. The highest BCUT2D eigenvalue weighted by Crippen LogP contribution is 2.39. The highest BCUT2D eigenvalue weighted by molar-refractivity contribution is 8.00. The zero-order chi connectivity index (χ0) is 12.7. The van der Waals surface area contributed by atoms with E-state index in [0.29, 0.717) is 6.54 Å². The molecule has 0 spiro atoms. The van der Waals surface area contributed by atoms with Crippen LogP contribution in [0, 0.1) is 0 Å². The van der Waals surface area contributed by atoms with Crippen LogP contribution in [0.2, 0.25) is 0 Å². The molecule has 0 bridgehead atoms. The molecule has 1 rings (SSSR count). The molecule has 17 heavy (non-hydrogen) atoms. The van der Waals surface area contributed by atoms with Crippen LogP contribution in [0.5, 0.6) is 0 Å². The van der Waals surface area contributed by atoms with Crippen LogP contribution in [0.3, 0.4) is 0 Å². The fourth-order valence-corrected chi connectivity index (χ4v) is 3.49. The van der Waals surface area contributed by atoms with Crippen molar-refractivity contribution in [2.24, 2.45) is 0 Å². The predicted octanol–water partition coefficient (Wildman–Crippen LogP) is 1.60. The molecule has 1 saturated carbocycles. The number of hydrogen-bond acceptors (Lipinski definition) is 4. The number of carbonyl (C=O) groups is 2. The van der Waals surface area contributed by atoms with E-state index in [-0.39, 0.29) is 22.2 Å². The summed E-state index contributed by atoms with van der Waals surface area (Å²) in [6.07, 6.45) is 6.90. The number of rotatable bonds is 7. The predicted molar refractivity (Wildman–Crippen MR) is 72.7 cm³/mol. The lowest BCUT2D eigenvalue weighted by molar-refractivity contribution is -0.133. The van der Waals surface area contributed by atoms with E-state index in [1.165, 1.54) is 12.8 Å². The van der Waals surface area contributed by atoms with Gasteiger partial charge in [-0.25, -0.2) is 0 Å². The van der Waals surface area contributed by atoms with Gasteiger partial charge in [-0.1, -0.05) is 12.8 Å². The molecule has 0 aliphatic heterocycles. The lowest BCUT2D eigenvalue weighted by Crippen LogP contribution is -2.39. The van der Waals surface area contributed by atoms with E-state index in [2.05, 4.69) is 11.6 Å². The Morgan fingerprint density at radius 2 is 1.94 bits per heavy atom. The summed E-state index contributed by atoms with van der Waals surface area (Å²) < 4.78 is 0.215. The molecule has 0 heterocycles. The van der Waals surface area contributed by atoms with Gasteiger partial charge in [0.25, 0.3) is 0 Å². The molecule has 0 aromatic carbocycles. The molecule has 0 aromatic heterocycles. The molecule has 1 aliphatic carbocycles. The van der Waals surface area contributed by atoms with Crippen molar-refractivity contribution in [2.45, 2.75) is 30.4 Å². The van der Waals surface area contributed by atoms with Crippen molar-refractivity contribution in [2.75, 3.05) is 24.3 Å². The number of hydrogen-bond donors (Lipinski definition) is 2. The molecule has 1 fully saturated rings. The van der Waals surface area contributed by atoms with Crippen molar-refractivity contribution in [3.05, 3.63) is 0 Å². The van der Waals surface area contributed by atoms with E-state index in [4.69, 9.17) is 5.11 Å². The van der Waals surface area contributed by atoms with Gasteiger partial charge < -0.3 is 10.4 Å². The fourth-order valence-electron chi connectivity index (χ4n) is 2.01. The summed E-state index contributed by atoms with van der Waals surface area (Å²) >= 11 is 2.98. The van der Waals surface area contributed by atoms with Gasteiger partial charge in [-0.05, 0) is 19.1 Å². The number of amides is 1. The van der Waals surface area contributed by atoms with Crippen LogP contribution in [0.1, 0.15) is 25.7 Å². The van der Waals surface area contributed by atoms with Crippen molar-refractivity contribution >= 4 is 35.4 Å². The zero-order valence-electron chi connectivity index (χ0n) is 10.0. The van der Waals surface area contributed by atoms with Crippen LogP contribution in [-0.4, -0.2) is 46.0 Å². The molecule has 2 N–H and O–H groups in total. The largest absolute Gasteiger partial charge is 0.481 e. The highest BCUT2D eigenvalue weighted by Gasteiger charge is 2.33. The monoisotopic (exact) mass is 277 g/mol. The normalized spacial score (nSPS) is 17.9. The van der Waals surface area contributed by atoms with E-state index >= 15 is 0 Å². The van der Waals surface area contributed by atoms with E-state index in [1.54, 1.807) is 0 Å². The summed E-state index contributed by atoms with van der Waals surface area (Å²) in [5.74, 6) is -0.714. The number of carbonyl (C=O) groups excluding carboxylic acids is 1. The number of carboxylic acid groups (broad SMARTS) is 1. The summed E-state index contributed by atoms with van der Waals surface area (Å²) in [7, 11) is 0. The first-order chi connectivity index (χ1) is 8.08. The fraction of sp³-hybridized carbons (Fsp3) is 0.818. The third-order valence-electron chi connectivity index (χ3n) is 3.01. The van der Waals surface area contributed by atoms with Gasteiger partial charge in [0.05, 0.1) is 11.5 Å². The topological polar surface area (TPSA) is 66.4 Å². The van der Waals surface area contributed by atoms with E-state index < -0.39 is 5.97 Å². The Morgan fingerprint density at radius 1 is 1.29 bits per heavy atom. The first-order valence-corrected chi connectivity index (χ1v) is 8.07. The van der Waals surface area contributed by atoms with Gasteiger partial charge >= 0.3 is 5.97 Å². The third-order valence-corrected chi connectivity index (χ3v) is 5.35. The van der Waals surface area contributed by atoms with Crippen LogP contribution < -0.4 is 5.32 Å². The second-order valence-corrected chi connectivity index (χ2v) is 6.52. The summed E-state index contributed by atoms with van der Waals surface area (Å²) in [5, 5.41) is 11.4. The number of nitrogens with one attached hydrogen (secondary N) is 1. The molecule has 0 saturated heterocycles. The van der Waals surface area contributed by atoms with Crippen LogP contribution in [0.25, 0.3) is 0 Å². The smallest absolute Gasteiger partial charge is 0.313 e. The van der Waals surface area contributed by atoms with Gasteiger partial charge in [0.15, 0.2) is 0 Å². The van der Waals surface area contributed by atoms with Crippen LogP contribution >= 0.6 is 23.5 Å². The summed E-state index contributed by atoms with van der Waals surface area (Å²) in [6, 6.07) is 0. The van der Waals surface area contributed by atoms with Gasteiger partial charge in [-0.3, -0.25) is 9.59 Å². The summed E-state index contributed by atoms with van der Waals surface area (Å²) in [6.45, 7) is 0.709. The first-order valence-electron chi connectivity index (χ1n) is 5.69. The maximum atomic E-state index is 11.5. The van der Waals surface area contributed by atoms with Crippen LogP contribution in [-0.2, 0) is 9.59 Å². The zero-order valence-corrected chi connectivity index (χ0v) is 11.7. The van der Waals surface area contributed by atoms with Gasteiger partial charge in [0, 0.05) is 11.3 Å². The summed E-state index contributed by atoms with van der Waals surface area (Å²) in [5.41, 5.74) is 0. The van der Waals surface area contributed by atoms with Gasteiger partial charge in [0.1, 0.15) is 0 Å². The Hall–Kier alpha value is -0.360. The second kappa shape index (κ2) is 7.16. The molecule has 4 nitrogen and oxygen atoms in total. The Labute approximate surface area is 110 Å².